The normalized spacial score (nSPS) is 15.7. The third kappa shape index (κ3) is 1.70. The molecule has 5 heteroatoms. The molecule has 0 aromatic carbocycles. The minimum atomic E-state index is 0.0891. The highest BCUT2D eigenvalue weighted by Gasteiger charge is 2.24. The maximum atomic E-state index is 12.4. The maximum Gasteiger partial charge on any atom is 0.273 e. The number of aromatic nitrogens is 2. The van der Waals surface area contributed by atoms with Gasteiger partial charge in [-0.05, 0) is 19.1 Å². The smallest absolute Gasteiger partial charge is 0.273 e. The second-order valence-electron chi connectivity index (χ2n) is 4.08. The van der Waals surface area contributed by atoms with Crippen molar-refractivity contribution in [1.29, 1.82) is 0 Å². The monoisotopic (exact) mass is 247 g/mol. The van der Waals surface area contributed by atoms with Crippen molar-refractivity contribution in [1.82, 2.24) is 14.3 Å². The first kappa shape index (κ1) is 10.7. The van der Waals surface area contributed by atoms with Gasteiger partial charge in [-0.25, -0.2) is 4.98 Å². The number of hydrogen-bond donors (Lipinski definition) is 0. The van der Waals surface area contributed by atoms with E-state index in [1.165, 1.54) is 0 Å². The summed E-state index contributed by atoms with van der Waals surface area (Å²) in [6.45, 7) is 2.73. The lowest BCUT2D eigenvalue weighted by molar-refractivity contribution is 0.0795. The molecule has 3 rings (SSSR count). The van der Waals surface area contributed by atoms with Crippen molar-refractivity contribution in [3.05, 3.63) is 35.8 Å². The number of rotatable bonds is 1. The third-order valence-corrected chi connectivity index (χ3v) is 3.91. The lowest BCUT2D eigenvalue weighted by Gasteiger charge is -2.14. The summed E-state index contributed by atoms with van der Waals surface area (Å²) in [6.07, 6.45) is 1.89. The molecule has 0 N–H and O–H groups in total. The van der Waals surface area contributed by atoms with Gasteiger partial charge in [-0.15, -0.1) is 11.8 Å². The van der Waals surface area contributed by atoms with E-state index >= 15 is 0 Å². The first-order chi connectivity index (χ1) is 8.27. The molecule has 0 unspecified atom stereocenters. The molecule has 88 valence electrons. The second-order valence-corrected chi connectivity index (χ2v) is 5.16. The van der Waals surface area contributed by atoms with E-state index in [4.69, 9.17) is 0 Å². The largest absolute Gasteiger partial charge is 0.327 e. The number of carbonyl (C=O) groups excluding carboxylic acids is 1. The Morgan fingerprint density at radius 3 is 3.12 bits per heavy atom. The quantitative estimate of drug-likeness (QED) is 0.771. The average Bonchev–Trinajstić information content (AvgIpc) is 2.94. The van der Waals surface area contributed by atoms with Gasteiger partial charge in [-0.1, -0.05) is 6.07 Å². The summed E-state index contributed by atoms with van der Waals surface area (Å²) >= 11 is 1.79. The molecule has 17 heavy (non-hydrogen) atoms. The van der Waals surface area contributed by atoms with Gasteiger partial charge in [0.1, 0.15) is 11.3 Å². The van der Waals surface area contributed by atoms with Crippen LogP contribution in [0.15, 0.2) is 24.4 Å². The predicted molar refractivity (Wildman–Crippen MR) is 68.3 cm³/mol. The molecular formula is C12H13N3OS. The van der Waals surface area contributed by atoms with Crippen molar-refractivity contribution >= 4 is 23.3 Å². The van der Waals surface area contributed by atoms with E-state index in [0.717, 1.165) is 29.5 Å². The maximum absolute atomic E-state index is 12.4. The standard InChI is InChI=1S/C12H13N3OS/c1-9-11(12(16)14-6-7-17-8-14)15-5-3-2-4-10(15)13-9/h2-5H,6-8H2,1H3. The molecule has 2 aromatic heterocycles. The fourth-order valence-corrected chi connectivity index (χ4v) is 3.04. The van der Waals surface area contributed by atoms with Crippen molar-refractivity contribution < 1.29 is 4.79 Å². The minimum Gasteiger partial charge on any atom is -0.327 e. The second kappa shape index (κ2) is 4.07. The van der Waals surface area contributed by atoms with Crippen molar-refractivity contribution in [2.24, 2.45) is 0 Å². The van der Waals surface area contributed by atoms with Crippen LogP contribution in [0.5, 0.6) is 0 Å². The van der Waals surface area contributed by atoms with Gasteiger partial charge in [-0.3, -0.25) is 9.20 Å². The van der Waals surface area contributed by atoms with E-state index in [9.17, 15) is 4.79 Å². The van der Waals surface area contributed by atoms with Gasteiger partial charge in [0, 0.05) is 18.5 Å². The molecule has 1 aliphatic rings. The van der Waals surface area contributed by atoms with Gasteiger partial charge in [-0.2, -0.15) is 0 Å². The van der Waals surface area contributed by atoms with E-state index in [0.29, 0.717) is 5.69 Å². The summed E-state index contributed by atoms with van der Waals surface area (Å²) < 4.78 is 1.88. The highest BCUT2D eigenvalue weighted by atomic mass is 32.2. The van der Waals surface area contributed by atoms with Gasteiger partial charge in [0.15, 0.2) is 0 Å². The average molecular weight is 247 g/mol. The van der Waals surface area contributed by atoms with E-state index in [1.54, 1.807) is 11.8 Å². The number of thioether (sulfide) groups is 1. The lowest BCUT2D eigenvalue weighted by atomic mass is 10.3. The number of amides is 1. The Hall–Kier alpha value is -1.49. The molecule has 3 heterocycles. The zero-order chi connectivity index (χ0) is 11.8. The fourth-order valence-electron chi connectivity index (χ4n) is 2.10. The van der Waals surface area contributed by atoms with Crippen LogP contribution in [-0.4, -0.2) is 38.4 Å². The Morgan fingerprint density at radius 1 is 1.47 bits per heavy atom. The third-order valence-electron chi connectivity index (χ3n) is 2.95. The molecule has 0 atom stereocenters. The number of hydrogen-bond acceptors (Lipinski definition) is 3. The van der Waals surface area contributed by atoms with Crippen LogP contribution in [0.4, 0.5) is 0 Å². The molecule has 1 saturated heterocycles. The Labute approximate surface area is 104 Å². The van der Waals surface area contributed by atoms with E-state index < -0.39 is 0 Å². The highest BCUT2D eigenvalue weighted by Crippen LogP contribution is 2.19. The molecule has 1 fully saturated rings. The van der Waals surface area contributed by atoms with Crippen LogP contribution < -0.4 is 0 Å². The lowest BCUT2D eigenvalue weighted by Crippen LogP contribution is -2.29. The number of fused-ring (bicyclic) bond motifs is 1. The van der Waals surface area contributed by atoms with Crippen LogP contribution in [0.3, 0.4) is 0 Å². The number of carbonyl (C=O) groups is 1. The summed E-state index contributed by atoms with van der Waals surface area (Å²) in [6, 6.07) is 5.77. The van der Waals surface area contributed by atoms with Crippen molar-refractivity contribution in [3.63, 3.8) is 0 Å². The SMILES string of the molecule is Cc1nc2ccccn2c1C(=O)N1CCSC1. The molecule has 4 nitrogen and oxygen atoms in total. The van der Waals surface area contributed by atoms with Crippen molar-refractivity contribution in [2.45, 2.75) is 6.92 Å². The Morgan fingerprint density at radius 2 is 2.35 bits per heavy atom. The number of nitrogens with zero attached hydrogens (tertiary/aromatic N) is 3. The number of pyridine rings is 1. The van der Waals surface area contributed by atoms with Crippen LogP contribution in [0, 0.1) is 6.92 Å². The van der Waals surface area contributed by atoms with Crippen LogP contribution in [0.25, 0.3) is 5.65 Å². The molecule has 1 aliphatic heterocycles. The minimum absolute atomic E-state index is 0.0891. The molecule has 1 amide bonds. The number of imidazole rings is 1. The Bertz CT molecular complexity index is 572. The molecule has 0 aliphatic carbocycles. The van der Waals surface area contributed by atoms with E-state index in [1.807, 2.05) is 40.6 Å². The summed E-state index contributed by atoms with van der Waals surface area (Å²) in [5, 5.41) is 0. The zero-order valence-corrected chi connectivity index (χ0v) is 10.4. The first-order valence-electron chi connectivity index (χ1n) is 5.58. The van der Waals surface area contributed by atoms with Crippen LogP contribution in [-0.2, 0) is 0 Å². The first-order valence-corrected chi connectivity index (χ1v) is 6.73. The van der Waals surface area contributed by atoms with Crippen molar-refractivity contribution in [2.75, 3.05) is 18.2 Å². The van der Waals surface area contributed by atoms with Crippen molar-refractivity contribution in [3.8, 4) is 0 Å². The molecule has 0 spiro atoms. The molecule has 2 aromatic rings. The van der Waals surface area contributed by atoms with Gasteiger partial charge in [0.25, 0.3) is 5.91 Å². The Kier molecular flexibility index (Phi) is 2.55. The molecular weight excluding hydrogens is 234 g/mol. The van der Waals surface area contributed by atoms with Crippen LogP contribution in [0.2, 0.25) is 0 Å². The summed E-state index contributed by atoms with van der Waals surface area (Å²) in [7, 11) is 0. The topological polar surface area (TPSA) is 37.6 Å². The van der Waals surface area contributed by atoms with E-state index in [2.05, 4.69) is 4.98 Å². The summed E-state index contributed by atoms with van der Waals surface area (Å²) in [4.78, 5) is 18.7. The van der Waals surface area contributed by atoms with Gasteiger partial charge >= 0.3 is 0 Å². The molecule has 0 saturated carbocycles. The molecule has 0 radical (unpaired) electrons. The number of aryl methyl sites for hydroxylation is 1. The van der Waals surface area contributed by atoms with Crippen LogP contribution >= 0.6 is 11.8 Å². The van der Waals surface area contributed by atoms with E-state index in [-0.39, 0.29) is 5.91 Å². The molecule has 0 bridgehead atoms. The summed E-state index contributed by atoms with van der Waals surface area (Å²) in [5.41, 5.74) is 2.33. The van der Waals surface area contributed by atoms with Gasteiger partial charge < -0.3 is 4.90 Å². The Balaban J connectivity index is 2.09. The zero-order valence-electron chi connectivity index (χ0n) is 9.59. The van der Waals surface area contributed by atoms with Crippen LogP contribution in [0.1, 0.15) is 16.2 Å². The fraction of sp³-hybridized carbons (Fsp3) is 0.333. The van der Waals surface area contributed by atoms with Gasteiger partial charge in [0.05, 0.1) is 11.6 Å². The van der Waals surface area contributed by atoms with Gasteiger partial charge in [0.2, 0.25) is 0 Å². The predicted octanol–water partition coefficient (Wildman–Crippen LogP) is 1.79. The highest BCUT2D eigenvalue weighted by molar-refractivity contribution is 7.99. The summed E-state index contributed by atoms with van der Waals surface area (Å²) in [5.74, 6) is 1.91.